The number of nitrogens with zero attached hydrogens (tertiary/aromatic N) is 1. The highest BCUT2D eigenvalue weighted by Gasteiger charge is 2.22. The van der Waals surface area contributed by atoms with Gasteiger partial charge in [0.25, 0.3) is 0 Å². The average molecular weight is 374 g/mol. The van der Waals surface area contributed by atoms with E-state index in [1.807, 2.05) is 66.7 Å². The van der Waals surface area contributed by atoms with Gasteiger partial charge in [-0.25, -0.2) is 4.79 Å². The summed E-state index contributed by atoms with van der Waals surface area (Å²) in [5.74, 6) is -0.112. The summed E-state index contributed by atoms with van der Waals surface area (Å²) in [6.07, 6.45) is 1.58. The van der Waals surface area contributed by atoms with Crippen LogP contribution in [0.15, 0.2) is 85.1 Å². The standard InChI is InChI=1S/C23H22N2O3/c26-22(16-20-13-7-8-14-24-20)21(15-18-9-3-1-4-10-18)25-23(27)28-17-19-11-5-2-6-12-19/h1-14,21H,15-17H2,(H,25,27)/t21-/m0/s1. The molecule has 0 spiro atoms. The maximum absolute atomic E-state index is 12.8. The van der Waals surface area contributed by atoms with Crippen LogP contribution >= 0.6 is 0 Å². The molecule has 28 heavy (non-hydrogen) atoms. The van der Waals surface area contributed by atoms with Gasteiger partial charge in [0.05, 0.1) is 12.5 Å². The minimum Gasteiger partial charge on any atom is -0.445 e. The number of ketones is 1. The number of ether oxygens (including phenoxy) is 1. The van der Waals surface area contributed by atoms with Crippen LogP contribution in [-0.4, -0.2) is 22.9 Å². The van der Waals surface area contributed by atoms with Gasteiger partial charge in [0.1, 0.15) is 6.61 Å². The van der Waals surface area contributed by atoms with Crippen LogP contribution in [0.1, 0.15) is 16.8 Å². The molecular formula is C23H22N2O3. The Bertz CT molecular complexity index is 883. The first kappa shape index (κ1) is 19.3. The zero-order valence-electron chi connectivity index (χ0n) is 15.5. The van der Waals surface area contributed by atoms with Crippen LogP contribution in [0, 0.1) is 0 Å². The van der Waals surface area contributed by atoms with Crippen molar-refractivity contribution in [1.82, 2.24) is 10.3 Å². The molecule has 2 aromatic carbocycles. The van der Waals surface area contributed by atoms with E-state index in [0.717, 1.165) is 11.1 Å². The molecule has 1 atom stereocenters. The second-order valence-electron chi connectivity index (χ2n) is 6.41. The number of rotatable bonds is 8. The predicted octanol–water partition coefficient (Wildman–Crippen LogP) is 3.73. The number of pyridine rings is 1. The number of carbonyl (C=O) groups excluding carboxylic acids is 2. The molecule has 0 saturated carbocycles. The Balaban J connectivity index is 1.64. The fraction of sp³-hybridized carbons (Fsp3) is 0.174. The van der Waals surface area contributed by atoms with Crippen molar-refractivity contribution in [3.63, 3.8) is 0 Å². The van der Waals surface area contributed by atoms with Crippen LogP contribution in [-0.2, 0) is 29.0 Å². The number of carbonyl (C=O) groups is 2. The minimum atomic E-state index is -0.687. The molecular weight excluding hydrogens is 352 g/mol. The Morgan fingerprint density at radius 1 is 0.857 bits per heavy atom. The number of nitrogens with one attached hydrogen (secondary N) is 1. The van der Waals surface area contributed by atoms with Crippen LogP contribution in [0.4, 0.5) is 4.79 Å². The first-order valence-electron chi connectivity index (χ1n) is 9.14. The Morgan fingerprint density at radius 3 is 2.14 bits per heavy atom. The lowest BCUT2D eigenvalue weighted by Gasteiger charge is -2.18. The molecule has 0 unspecified atom stereocenters. The van der Waals surface area contributed by atoms with Crippen LogP contribution in [0.5, 0.6) is 0 Å². The van der Waals surface area contributed by atoms with Crippen LogP contribution in [0.25, 0.3) is 0 Å². The van der Waals surface area contributed by atoms with E-state index in [0.29, 0.717) is 12.1 Å². The molecule has 3 aromatic rings. The number of alkyl carbamates (subject to hydrolysis) is 1. The summed E-state index contributed by atoms with van der Waals surface area (Å²) in [6, 6.07) is 23.7. The van der Waals surface area contributed by atoms with Gasteiger partial charge in [-0.1, -0.05) is 66.7 Å². The molecule has 0 aliphatic heterocycles. The summed E-state index contributed by atoms with van der Waals surface area (Å²) in [4.78, 5) is 29.3. The van der Waals surface area contributed by atoms with Crippen molar-refractivity contribution in [1.29, 1.82) is 0 Å². The highest BCUT2D eigenvalue weighted by molar-refractivity contribution is 5.89. The third-order valence-corrected chi connectivity index (χ3v) is 4.26. The number of hydrogen-bond donors (Lipinski definition) is 1. The van der Waals surface area contributed by atoms with Gasteiger partial charge >= 0.3 is 6.09 Å². The molecule has 0 bridgehead atoms. The lowest BCUT2D eigenvalue weighted by molar-refractivity contribution is -0.120. The van der Waals surface area contributed by atoms with Gasteiger partial charge in [0, 0.05) is 11.9 Å². The predicted molar refractivity (Wildman–Crippen MR) is 107 cm³/mol. The number of aromatic nitrogens is 1. The molecule has 1 heterocycles. The fourth-order valence-electron chi connectivity index (χ4n) is 2.81. The van der Waals surface area contributed by atoms with E-state index in [9.17, 15) is 9.59 Å². The van der Waals surface area contributed by atoms with Crippen molar-refractivity contribution in [3.05, 3.63) is 102 Å². The molecule has 1 aromatic heterocycles. The van der Waals surface area contributed by atoms with Gasteiger partial charge in [0.2, 0.25) is 0 Å². The zero-order valence-corrected chi connectivity index (χ0v) is 15.5. The average Bonchev–Trinajstić information content (AvgIpc) is 2.74. The summed E-state index contributed by atoms with van der Waals surface area (Å²) in [5.41, 5.74) is 2.52. The maximum Gasteiger partial charge on any atom is 0.408 e. The second-order valence-corrected chi connectivity index (χ2v) is 6.41. The minimum absolute atomic E-state index is 0.112. The van der Waals surface area contributed by atoms with Crippen molar-refractivity contribution in [2.24, 2.45) is 0 Å². The van der Waals surface area contributed by atoms with Crippen LogP contribution in [0.2, 0.25) is 0 Å². The number of hydrogen-bond acceptors (Lipinski definition) is 4. The Kier molecular flexibility index (Phi) is 6.90. The van der Waals surface area contributed by atoms with E-state index < -0.39 is 12.1 Å². The van der Waals surface area contributed by atoms with Gasteiger partial charge < -0.3 is 10.1 Å². The molecule has 0 saturated heterocycles. The molecule has 5 heteroatoms. The Hall–Kier alpha value is -3.47. The third-order valence-electron chi connectivity index (χ3n) is 4.26. The van der Waals surface area contributed by atoms with Crippen molar-refractivity contribution in [2.45, 2.75) is 25.5 Å². The molecule has 0 aliphatic rings. The van der Waals surface area contributed by atoms with Crippen LogP contribution < -0.4 is 5.32 Å². The SMILES string of the molecule is O=C(N[C@@H](Cc1ccccc1)C(=O)Cc1ccccn1)OCc1ccccc1. The molecule has 1 amide bonds. The zero-order chi connectivity index (χ0) is 19.6. The highest BCUT2D eigenvalue weighted by atomic mass is 16.5. The summed E-state index contributed by atoms with van der Waals surface area (Å²) in [7, 11) is 0. The lowest BCUT2D eigenvalue weighted by Crippen LogP contribution is -2.43. The van der Waals surface area contributed by atoms with E-state index in [-0.39, 0.29) is 18.8 Å². The quantitative estimate of drug-likeness (QED) is 0.652. The van der Waals surface area contributed by atoms with Crippen molar-refractivity contribution < 1.29 is 14.3 Å². The molecule has 0 fully saturated rings. The first-order valence-corrected chi connectivity index (χ1v) is 9.14. The summed E-state index contributed by atoms with van der Waals surface area (Å²) >= 11 is 0. The van der Waals surface area contributed by atoms with Crippen molar-refractivity contribution in [2.75, 3.05) is 0 Å². The molecule has 5 nitrogen and oxygen atoms in total. The van der Waals surface area contributed by atoms with E-state index >= 15 is 0 Å². The van der Waals surface area contributed by atoms with E-state index in [2.05, 4.69) is 10.3 Å². The lowest BCUT2D eigenvalue weighted by atomic mass is 9.99. The molecule has 0 aliphatic carbocycles. The topological polar surface area (TPSA) is 68.3 Å². The molecule has 142 valence electrons. The second kappa shape index (κ2) is 10.0. The van der Waals surface area contributed by atoms with Gasteiger partial charge in [-0.05, 0) is 29.7 Å². The van der Waals surface area contributed by atoms with Gasteiger partial charge in [-0.2, -0.15) is 0 Å². The molecule has 1 N–H and O–H groups in total. The van der Waals surface area contributed by atoms with E-state index in [4.69, 9.17) is 4.74 Å². The Labute approximate surface area is 164 Å². The van der Waals surface area contributed by atoms with Gasteiger partial charge in [0.15, 0.2) is 5.78 Å². The fourth-order valence-corrected chi connectivity index (χ4v) is 2.81. The normalized spacial score (nSPS) is 11.4. The van der Waals surface area contributed by atoms with Crippen LogP contribution in [0.3, 0.4) is 0 Å². The maximum atomic E-state index is 12.8. The third kappa shape index (κ3) is 6.06. The largest absolute Gasteiger partial charge is 0.445 e. The molecule has 0 radical (unpaired) electrons. The van der Waals surface area contributed by atoms with Gasteiger partial charge in [-0.15, -0.1) is 0 Å². The van der Waals surface area contributed by atoms with Crippen molar-refractivity contribution in [3.8, 4) is 0 Å². The summed E-state index contributed by atoms with van der Waals surface area (Å²) in [5, 5.41) is 2.72. The van der Waals surface area contributed by atoms with E-state index in [1.54, 1.807) is 18.3 Å². The number of Topliss-reactive ketones (excluding diaryl/α,β-unsaturated/α-hetero) is 1. The Morgan fingerprint density at radius 2 is 1.50 bits per heavy atom. The number of amides is 1. The van der Waals surface area contributed by atoms with Crippen molar-refractivity contribution >= 4 is 11.9 Å². The monoisotopic (exact) mass is 374 g/mol. The summed E-state index contributed by atoms with van der Waals surface area (Å²) < 4.78 is 5.28. The van der Waals surface area contributed by atoms with E-state index in [1.165, 1.54) is 0 Å². The van der Waals surface area contributed by atoms with Gasteiger partial charge in [-0.3, -0.25) is 9.78 Å². The smallest absolute Gasteiger partial charge is 0.408 e. The first-order chi connectivity index (χ1) is 13.7. The number of benzene rings is 2. The highest BCUT2D eigenvalue weighted by Crippen LogP contribution is 2.08. The summed E-state index contributed by atoms with van der Waals surface area (Å²) in [6.45, 7) is 0.152. The molecule has 3 rings (SSSR count).